The summed E-state index contributed by atoms with van der Waals surface area (Å²) in [5.41, 5.74) is 1.22. The summed E-state index contributed by atoms with van der Waals surface area (Å²) >= 11 is 24.9. The zero-order valence-corrected chi connectivity index (χ0v) is 20.7. The summed E-state index contributed by atoms with van der Waals surface area (Å²) in [6.07, 6.45) is 0.456. The van der Waals surface area contributed by atoms with Crippen molar-refractivity contribution in [1.29, 1.82) is 0 Å². The van der Waals surface area contributed by atoms with Gasteiger partial charge in [0.25, 0.3) is 0 Å². The quantitative estimate of drug-likeness (QED) is 0.429. The van der Waals surface area contributed by atoms with E-state index in [1.54, 1.807) is 36.4 Å². The molecule has 2 aromatic carbocycles. The third-order valence-electron chi connectivity index (χ3n) is 4.82. The van der Waals surface area contributed by atoms with E-state index in [9.17, 15) is 9.59 Å². The van der Waals surface area contributed by atoms with Gasteiger partial charge in [-0.05, 0) is 42.2 Å². The minimum absolute atomic E-state index is 0.0199. The number of carbonyl (C=O) groups excluding carboxylic acids is 2. The molecule has 2 rings (SSSR count). The normalized spacial score (nSPS) is 12.0. The van der Waals surface area contributed by atoms with Gasteiger partial charge in [0.2, 0.25) is 11.8 Å². The van der Waals surface area contributed by atoms with Gasteiger partial charge in [-0.3, -0.25) is 9.59 Å². The molecule has 168 valence electrons. The van der Waals surface area contributed by atoms with Crippen molar-refractivity contribution in [3.8, 4) is 0 Å². The maximum absolute atomic E-state index is 13.4. The standard InChI is InChI=1S/C23H26Cl4N2O2/c1-4-21(23(31)28-12-14(2)3)29(13-17-18(25)6-5-7-19(17)26)22(30)10-15-8-9-16(24)11-20(15)27/h5-9,11,14,21H,4,10,12-13H2,1-3H3,(H,28,31)/t21-/m0/s1. The fourth-order valence-corrected chi connectivity index (χ4v) is 4.12. The van der Waals surface area contributed by atoms with Crippen molar-refractivity contribution in [2.24, 2.45) is 5.92 Å². The summed E-state index contributed by atoms with van der Waals surface area (Å²) < 4.78 is 0. The smallest absolute Gasteiger partial charge is 0.242 e. The molecule has 0 spiro atoms. The molecule has 0 unspecified atom stereocenters. The van der Waals surface area contributed by atoms with Crippen molar-refractivity contribution in [3.05, 3.63) is 67.6 Å². The van der Waals surface area contributed by atoms with E-state index < -0.39 is 6.04 Å². The number of rotatable bonds is 9. The van der Waals surface area contributed by atoms with Crippen molar-refractivity contribution >= 4 is 58.2 Å². The number of amides is 2. The molecule has 4 nitrogen and oxygen atoms in total. The summed E-state index contributed by atoms with van der Waals surface area (Å²) in [6, 6.07) is 9.46. The number of carbonyl (C=O) groups is 2. The minimum Gasteiger partial charge on any atom is -0.354 e. The van der Waals surface area contributed by atoms with Crippen LogP contribution in [0, 0.1) is 5.92 Å². The number of hydrogen-bond acceptors (Lipinski definition) is 2. The molecular formula is C23H26Cl4N2O2. The highest BCUT2D eigenvalue weighted by molar-refractivity contribution is 6.36. The molecule has 0 aliphatic carbocycles. The number of benzene rings is 2. The fourth-order valence-electron chi connectivity index (χ4n) is 3.13. The van der Waals surface area contributed by atoms with Crippen LogP contribution in [0.5, 0.6) is 0 Å². The Balaban J connectivity index is 2.37. The highest BCUT2D eigenvalue weighted by Crippen LogP contribution is 2.28. The number of halogens is 4. The lowest BCUT2D eigenvalue weighted by molar-refractivity contribution is -0.141. The first-order valence-electron chi connectivity index (χ1n) is 10.1. The summed E-state index contributed by atoms with van der Waals surface area (Å²) in [5, 5.41) is 4.68. The second-order valence-corrected chi connectivity index (χ2v) is 9.36. The first-order valence-corrected chi connectivity index (χ1v) is 11.6. The summed E-state index contributed by atoms with van der Waals surface area (Å²) in [7, 11) is 0. The number of nitrogens with zero attached hydrogens (tertiary/aromatic N) is 1. The molecule has 31 heavy (non-hydrogen) atoms. The van der Waals surface area contributed by atoms with Gasteiger partial charge in [0.05, 0.1) is 6.42 Å². The van der Waals surface area contributed by atoms with Crippen LogP contribution in [0.3, 0.4) is 0 Å². The fraction of sp³-hybridized carbons (Fsp3) is 0.391. The second kappa shape index (κ2) is 12.0. The Morgan fingerprint density at radius 2 is 1.65 bits per heavy atom. The van der Waals surface area contributed by atoms with Crippen LogP contribution >= 0.6 is 46.4 Å². The summed E-state index contributed by atoms with van der Waals surface area (Å²) in [6.45, 7) is 6.51. The average molecular weight is 504 g/mol. The SMILES string of the molecule is CC[C@@H](C(=O)NCC(C)C)N(Cc1c(Cl)cccc1Cl)C(=O)Cc1ccc(Cl)cc1Cl. The van der Waals surface area contributed by atoms with E-state index in [0.717, 1.165) is 0 Å². The van der Waals surface area contributed by atoms with E-state index in [2.05, 4.69) is 5.32 Å². The van der Waals surface area contributed by atoms with Gasteiger partial charge in [-0.2, -0.15) is 0 Å². The molecule has 0 aliphatic rings. The van der Waals surface area contributed by atoms with Crippen LogP contribution in [0.4, 0.5) is 0 Å². The summed E-state index contributed by atoms with van der Waals surface area (Å²) in [5.74, 6) is -0.182. The molecule has 2 aromatic rings. The van der Waals surface area contributed by atoms with Crippen molar-refractivity contribution in [3.63, 3.8) is 0 Å². The molecule has 0 bridgehead atoms. The van der Waals surface area contributed by atoms with Gasteiger partial charge < -0.3 is 10.2 Å². The van der Waals surface area contributed by atoms with E-state index in [-0.39, 0.29) is 30.7 Å². The van der Waals surface area contributed by atoms with Crippen LogP contribution in [0.15, 0.2) is 36.4 Å². The molecule has 8 heteroatoms. The van der Waals surface area contributed by atoms with Crippen LogP contribution in [-0.2, 0) is 22.6 Å². The number of hydrogen-bond donors (Lipinski definition) is 1. The Labute approximate surface area is 203 Å². The Bertz CT molecular complexity index is 914. The Hall–Kier alpha value is -1.46. The third-order valence-corrected chi connectivity index (χ3v) is 6.11. The topological polar surface area (TPSA) is 49.4 Å². The van der Waals surface area contributed by atoms with E-state index in [4.69, 9.17) is 46.4 Å². The van der Waals surface area contributed by atoms with Gasteiger partial charge in [0.1, 0.15) is 6.04 Å². The molecule has 1 atom stereocenters. The third kappa shape index (κ3) is 7.28. The van der Waals surface area contributed by atoms with E-state index in [0.29, 0.717) is 44.2 Å². The van der Waals surface area contributed by atoms with Crippen LogP contribution in [0.2, 0.25) is 20.1 Å². The second-order valence-electron chi connectivity index (χ2n) is 7.70. The van der Waals surface area contributed by atoms with Gasteiger partial charge in [0, 0.05) is 38.7 Å². The largest absolute Gasteiger partial charge is 0.354 e. The first-order chi connectivity index (χ1) is 14.6. The van der Waals surface area contributed by atoms with Crippen molar-refractivity contribution in [2.45, 2.75) is 46.2 Å². The molecule has 0 fully saturated rings. The predicted octanol–water partition coefficient (Wildman–Crippen LogP) is 6.42. The van der Waals surface area contributed by atoms with E-state index in [1.807, 2.05) is 20.8 Å². The van der Waals surface area contributed by atoms with Gasteiger partial charge >= 0.3 is 0 Å². The average Bonchev–Trinajstić information content (AvgIpc) is 2.70. The zero-order chi connectivity index (χ0) is 23.1. The van der Waals surface area contributed by atoms with E-state index in [1.165, 1.54) is 4.90 Å². The van der Waals surface area contributed by atoms with Crippen LogP contribution in [0.25, 0.3) is 0 Å². The molecule has 0 saturated carbocycles. The van der Waals surface area contributed by atoms with Gasteiger partial charge in [-0.15, -0.1) is 0 Å². The predicted molar refractivity (Wildman–Crippen MR) is 129 cm³/mol. The molecular weight excluding hydrogens is 478 g/mol. The molecule has 0 radical (unpaired) electrons. The van der Waals surface area contributed by atoms with Crippen LogP contribution in [0.1, 0.15) is 38.3 Å². The van der Waals surface area contributed by atoms with Gasteiger partial charge in [0.15, 0.2) is 0 Å². The molecule has 2 amide bonds. The molecule has 0 aromatic heterocycles. The Morgan fingerprint density at radius 3 is 2.19 bits per heavy atom. The number of nitrogens with one attached hydrogen (secondary N) is 1. The van der Waals surface area contributed by atoms with Gasteiger partial charge in [-0.25, -0.2) is 0 Å². The first kappa shape index (κ1) is 25.8. The van der Waals surface area contributed by atoms with Crippen molar-refractivity contribution < 1.29 is 9.59 Å². The van der Waals surface area contributed by atoms with Crippen molar-refractivity contribution in [2.75, 3.05) is 6.54 Å². The highest BCUT2D eigenvalue weighted by atomic mass is 35.5. The monoisotopic (exact) mass is 502 g/mol. The molecule has 0 saturated heterocycles. The molecule has 0 aliphatic heterocycles. The lowest BCUT2D eigenvalue weighted by Crippen LogP contribution is -2.50. The van der Waals surface area contributed by atoms with E-state index >= 15 is 0 Å². The Kier molecular flexibility index (Phi) is 9.95. The highest BCUT2D eigenvalue weighted by Gasteiger charge is 2.30. The summed E-state index contributed by atoms with van der Waals surface area (Å²) in [4.78, 5) is 27.8. The Morgan fingerprint density at radius 1 is 1.00 bits per heavy atom. The lowest BCUT2D eigenvalue weighted by atomic mass is 10.1. The maximum Gasteiger partial charge on any atom is 0.242 e. The minimum atomic E-state index is -0.676. The lowest BCUT2D eigenvalue weighted by Gasteiger charge is -2.31. The van der Waals surface area contributed by atoms with Crippen LogP contribution < -0.4 is 5.32 Å². The van der Waals surface area contributed by atoms with Gasteiger partial charge in [-0.1, -0.05) is 79.3 Å². The maximum atomic E-state index is 13.4. The molecule has 1 N–H and O–H groups in total. The molecule has 0 heterocycles. The van der Waals surface area contributed by atoms with Crippen LogP contribution in [-0.4, -0.2) is 29.3 Å². The zero-order valence-electron chi connectivity index (χ0n) is 17.7. The van der Waals surface area contributed by atoms with Crippen molar-refractivity contribution in [1.82, 2.24) is 10.2 Å².